The van der Waals surface area contributed by atoms with E-state index in [1.807, 2.05) is 25.1 Å². The van der Waals surface area contributed by atoms with Crippen LogP contribution in [0.4, 0.5) is 0 Å². The third-order valence-electron chi connectivity index (χ3n) is 3.10. The molecule has 0 amide bonds. The monoisotopic (exact) mass is 295 g/mol. The molecule has 2 unspecified atom stereocenters. The van der Waals surface area contributed by atoms with Crippen LogP contribution in [0.1, 0.15) is 20.3 Å². The number of rotatable bonds is 6. The first kappa shape index (κ1) is 15.2. The van der Waals surface area contributed by atoms with Crippen LogP contribution in [0.3, 0.4) is 0 Å². The van der Waals surface area contributed by atoms with Crippen molar-refractivity contribution < 1.29 is 9.84 Å². The molecule has 0 aliphatic heterocycles. The highest BCUT2D eigenvalue weighted by Crippen LogP contribution is 2.28. The minimum Gasteiger partial charge on any atom is -0.497 e. The molecule has 4 N–H and O–H groups in total. The van der Waals surface area contributed by atoms with Crippen LogP contribution < -0.4 is 10.5 Å². The van der Waals surface area contributed by atoms with Crippen molar-refractivity contribution >= 4 is 22.8 Å². The maximum Gasteiger partial charge on any atom is 0.166 e. The van der Waals surface area contributed by atoms with Gasteiger partial charge in [-0.1, -0.05) is 18.7 Å². The van der Waals surface area contributed by atoms with Crippen LogP contribution in [-0.4, -0.2) is 39.6 Å². The zero-order valence-corrected chi connectivity index (χ0v) is 12.8. The number of nitrogens with one attached hydrogen (secondary N) is 1. The predicted molar refractivity (Wildman–Crippen MR) is 82.3 cm³/mol. The molecule has 6 heteroatoms. The number of aliphatic hydroxyl groups is 1. The van der Waals surface area contributed by atoms with Gasteiger partial charge in [-0.2, -0.15) is 0 Å². The minimum atomic E-state index is -0.554. The molecular formula is C14H21N3O2S. The molecule has 0 bridgehead atoms. The molecular weight excluding hydrogens is 274 g/mol. The van der Waals surface area contributed by atoms with Gasteiger partial charge in [0.1, 0.15) is 5.75 Å². The van der Waals surface area contributed by atoms with Crippen molar-refractivity contribution in [1.29, 1.82) is 0 Å². The standard InChI is InChI=1S/C14H21N3O2S/c1-9(7-14(2,15)8-18)20-13-16-11-5-4-10(19-3)6-12(11)17-13/h4-6,9,18H,7-8,15H2,1-3H3,(H,16,17). The summed E-state index contributed by atoms with van der Waals surface area (Å²) in [6, 6.07) is 5.75. The lowest BCUT2D eigenvalue weighted by Gasteiger charge is -2.24. The zero-order valence-electron chi connectivity index (χ0n) is 12.0. The summed E-state index contributed by atoms with van der Waals surface area (Å²) in [4.78, 5) is 7.81. The highest BCUT2D eigenvalue weighted by Gasteiger charge is 2.22. The van der Waals surface area contributed by atoms with Crippen LogP contribution in [0.5, 0.6) is 5.75 Å². The van der Waals surface area contributed by atoms with Gasteiger partial charge in [0.05, 0.1) is 24.8 Å². The third-order valence-corrected chi connectivity index (χ3v) is 4.08. The molecule has 0 radical (unpaired) electrons. The fourth-order valence-electron chi connectivity index (χ4n) is 2.10. The average Bonchev–Trinajstić information content (AvgIpc) is 2.78. The first-order valence-corrected chi connectivity index (χ1v) is 7.41. The van der Waals surface area contributed by atoms with Gasteiger partial charge in [0.25, 0.3) is 0 Å². The Kier molecular flexibility index (Phi) is 4.57. The minimum absolute atomic E-state index is 0.0186. The molecule has 0 aliphatic rings. The van der Waals surface area contributed by atoms with Gasteiger partial charge in [0, 0.05) is 16.9 Å². The maximum atomic E-state index is 9.21. The zero-order chi connectivity index (χ0) is 14.8. The fraction of sp³-hybridized carbons (Fsp3) is 0.500. The molecule has 0 saturated heterocycles. The Balaban J connectivity index is 2.10. The molecule has 5 nitrogen and oxygen atoms in total. The fourth-order valence-corrected chi connectivity index (χ4v) is 3.27. The van der Waals surface area contributed by atoms with Crippen molar-refractivity contribution in [2.45, 2.75) is 36.2 Å². The number of ether oxygens (including phenoxy) is 1. The van der Waals surface area contributed by atoms with E-state index in [0.29, 0.717) is 6.42 Å². The number of hydrogen-bond donors (Lipinski definition) is 3. The smallest absolute Gasteiger partial charge is 0.166 e. The van der Waals surface area contributed by atoms with Gasteiger partial charge in [-0.15, -0.1) is 0 Å². The van der Waals surface area contributed by atoms with Crippen molar-refractivity contribution in [2.75, 3.05) is 13.7 Å². The Hall–Kier alpha value is -1.24. The summed E-state index contributed by atoms with van der Waals surface area (Å²) >= 11 is 1.63. The van der Waals surface area contributed by atoms with Gasteiger partial charge in [0.15, 0.2) is 5.16 Å². The molecule has 1 aromatic carbocycles. The van der Waals surface area contributed by atoms with E-state index in [0.717, 1.165) is 21.9 Å². The van der Waals surface area contributed by atoms with Crippen LogP contribution in [0.25, 0.3) is 11.0 Å². The first-order valence-electron chi connectivity index (χ1n) is 6.54. The SMILES string of the molecule is COc1ccc2nc(SC(C)CC(C)(N)CO)[nH]c2c1. The van der Waals surface area contributed by atoms with E-state index in [2.05, 4.69) is 16.9 Å². The van der Waals surface area contributed by atoms with E-state index < -0.39 is 5.54 Å². The second kappa shape index (κ2) is 6.03. The number of nitrogens with zero attached hydrogens (tertiary/aromatic N) is 1. The Bertz CT molecular complexity index is 583. The van der Waals surface area contributed by atoms with E-state index in [9.17, 15) is 5.11 Å². The van der Waals surface area contributed by atoms with Gasteiger partial charge in [-0.25, -0.2) is 4.98 Å². The van der Waals surface area contributed by atoms with Crippen molar-refractivity contribution in [3.05, 3.63) is 18.2 Å². The molecule has 0 spiro atoms. The van der Waals surface area contributed by atoms with Crippen molar-refractivity contribution in [2.24, 2.45) is 5.73 Å². The number of hydrogen-bond acceptors (Lipinski definition) is 5. The molecule has 0 fully saturated rings. The Morgan fingerprint density at radius 3 is 2.95 bits per heavy atom. The van der Waals surface area contributed by atoms with Gasteiger partial charge in [0.2, 0.25) is 0 Å². The number of aliphatic hydroxyl groups excluding tert-OH is 1. The van der Waals surface area contributed by atoms with Crippen LogP contribution in [0, 0.1) is 0 Å². The van der Waals surface area contributed by atoms with Gasteiger partial charge in [-0.3, -0.25) is 0 Å². The first-order chi connectivity index (χ1) is 9.43. The number of thioether (sulfide) groups is 1. The van der Waals surface area contributed by atoms with Crippen molar-refractivity contribution in [3.8, 4) is 5.75 Å². The lowest BCUT2D eigenvalue weighted by Crippen LogP contribution is -2.42. The average molecular weight is 295 g/mol. The number of H-pyrrole nitrogens is 1. The molecule has 2 atom stereocenters. The normalized spacial score (nSPS) is 16.1. The van der Waals surface area contributed by atoms with E-state index >= 15 is 0 Å². The van der Waals surface area contributed by atoms with E-state index in [1.165, 1.54) is 0 Å². The molecule has 110 valence electrons. The van der Waals surface area contributed by atoms with Crippen LogP contribution in [-0.2, 0) is 0 Å². The summed E-state index contributed by atoms with van der Waals surface area (Å²) < 4.78 is 5.19. The summed E-state index contributed by atoms with van der Waals surface area (Å²) in [6.45, 7) is 3.92. The van der Waals surface area contributed by atoms with Gasteiger partial charge >= 0.3 is 0 Å². The van der Waals surface area contributed by atoms with E-state index in [4.69, 9.17) is 10.5 Å². The summed E-state index contributed by atoms with van der Waals surface area (Å²) in [5.74, 6) is 0.806. The summed E-state index contributed by atoms with van der Waals surface area (Å²) in [5.41, 5.74) is 7.29. The van der Waals surface area contributed by atoms with Crippen molar-refractivity contribution in [1.82, 2.24) is 9.97 Å². The number of benzene rings is 1. The molecule has 2 rings (SSSR count). The number of aromatic nitrogens is 2. The number of fused-ring (bicyclic) bond motifs is 1. The topological polar surface area (TPSA) is 84.2 Å². The van der Waals surface area contributed by atoms with E-state index in [1.54, 1.807) is 18.9 Å². The number of methoxy groups -OCH3 is 1. The Morgan fingerprint density at radius 2 is 2.30 bits per heavy atom. The lowest BCUT2D eigenvalue weighted by atomic mass is 9.99. The summed E-state index contributed by atoms with van der Waals surface area (Å²) in [5, 5.41) is 10.3. The number of aromatic amines is 1. The Morgan fingerprint density at radius 1 is 1.55 bits per heavy atom. The summed E-state index contributed by atoms with van der Waals surface area (Å²) in [7, 11) is 1.65. The largest absolute Gasteiger partial charge is 0.497 e. The number of imidazole rings is 1. The molecule has 20 heavy (non-hydrogen) atoms. The molecule has 1 heterocycles. The van der Waals surface area contributed by atoms with Crippen LogP contribution in [0.2, 0.25) is 0 Å². The van der Waals surface area contributed by atoms with Crippen LogP contribution >= 0.6 is 11.8 Å². The second-order valence-corrected chi connectivity index (χ2v) is 6.80. The third kappa shape index (κ3) is 3.65. The Labute approximate surface area is 122 Å². The quantitative estimate of drug-likeness (QED) is 0.711. The highest BCUT2D eigenvalue weighted by atomic mass is 32.2. The number of nitrogens with two attached hydrogens (primary N) is 1. The van der Waals surface area contributed by atoms with Gasteiger partial charge in [-0.05, 0) is 25.5 Å². The van der Waals surface area contributed by atoms with Gasteiger partial charge < -0.3 is 20.6 Å². The summed E-state index contributed by atoms with van der Waals surface area (Å²) in [6.07, 6.45) is 0.717. The molecule has 0 aliphatic carbocycles. The van der Waals surface area contributed by atoms with E-state index in [-0.39, 0.29) is 11.9 Å². The van der Waals surface area contributed by atoms with Crippen molar-refractivity contribution in [3.63, 3.8) is 0 Å². The predicted octanol–water partition coefficient (Wildman–Crippen LogP) is 2.15. The molecule has 1 aromatic heterocycles. The lowest BCUT2D eigenvalue weighted by molar-refractivity contribution is 0.201. The second-order valence-electron chi connectivity index (χ2n) is 5.37. The van der Waals surface area contributed by atoms with Crippen LogP contribution in [0.15, 0.2) is 23.4 Å². The highest BCUT2D eigenvalue weighted by molar-refractivity contribution is 7.99. The maximum absolute atomic E-state index is 9.21. The molecule has 2 aromatic rings. The molecule has 0 saturated carbocycles.